The van der Waals surface area contributed by atoms with Crippen molar-refractivity contribution >= 4 is 5.95 Å². The first-order valence-corrected chi connectivity index (χ1v) is 8.94. The van der Waals surface area contributed by atoms with Crippen molar-refractivity contribution in [2.75, 3.05) is 5.73 Å². The van der Waals surface area contributed by atoms with E-state index in [0.29, 0.717) is 11.3 Å². The Kier molecular flexibility index (Phi) is 4.33. The van der Waals surface area contributed by atoms with E-state index in [2.05, 4.69) is 34.2 Å². The van der Waals surface area contributed by atoms with Crippen molar-refractivity contribution in [1.29, 1.82) is 5.26 Å². The van der Waals surface area contributed by atoms with Gasteiger partial charge in [0.1, 0.15) is 11.9 Å². The Balaban J connectivity index is 1.60. The molecule has 0 amide bonds. The molecule has 1 aliphatic carbocycles. The number of nitriles is 1. The number of aromatic nitrogens is 2. The fourth-order valence-electron chi connectivity index (χ4n) is 3.53. The minimum absolute atomic E-state index is 0.0146. The second kappa shape index (κ2) is 6.81. The molecule has 0 atom stereocenters. The predicted molar refractivity (Wildman–Crippen MR) is 102 cm³/mol. The summed E-state index contributed by atoms with van der Waals surface area (Å²) in [5.74, 6) is -0.376. The smallest absolute Gasteiger partial charge is 0.220 e. The lowest BCUT2D eigenvalue weighted by Gasteiger charge is -2.15. The average molecular weight is 358 g/mol. The molecule has 3 aromatic rings. The largest absolute Gasteiger partial charge is 0.368 e. The summed E-state index contributed by atoms with van der Waals surface area (Å²) in [6, 6.07) is 18.6. The van der Waals surface area contributed by atoms with Crippen molar-refractivity contribution in [2.24, 2.45) is 5.41 Å². The van der Waals surface area contributed by atoms with Crippen LogP contribution in [0.2, 0.25) is 0 Å². The molecule has 0 saturated heterocycles. The Morgan fingerprint density at radius 1 is 1.04 bits per heavy atom. The van der Waals surface area contributed by atoms with Crippen LogP contribution in [0.15, 0.2) is 54.6 Å². The SMILES string of the molecule is N#Cc1ccc(-c2cc(CC3(Cc4ccccc4)CC3)nc(N)n2)cc1F. The van der Waals surface area contributed by atoms with Crippen LogP contribution in [-0.2, 0) is 12.8 Å². The molecule has 0 spiro atoms. The molecule has 1 aromatic heterocycles. The van der Waals surface area contributed by atoms with Crippen molar-refractivity contribution in [1.82, 2.24) is 9.97 Å². The molecule has 1 heterocycles. The second-order valence-corrected chi connectivity index (χ2v) is 7.25. The van der Waals surface area contributed by atoms with Gasteiger partial charge in [0.15, 0.2) is 0 Å². The third kappa shape index (κ3) is 3.80. The van der Waals surface area contributed by atoms with E-state index in [4.69, 9.17) is 11.0 Å². The summed E-state index contributed by atoms with van der Waals surface area (Å²) in [5.41, 5.74) is 9.52. The zero-order valence-corrected chi connectivity index (χ0v) is 14.8. The lowest BCUT2D eigenvalue weighted by atomic mass is 9.91. The molecule has 0 aliphatic heterocycles. The first kappa shape index (κ1) is 17.2. The zero-order valence-electron chi connectivity index (χ0n) is 14.8. The Morgan fingerprint density at radius 3 is 2.48 bits per heavy atom. The Morgan fingerprint density at radius 2 is 1.81 bits per heavy atom. The van der Waals surface area contributed by atoms with Gasteiger partial charge in [-0.2, -0.15) is 5.26 Å². The van der Waals surface area contributed by atoms with E-state index in [0.717, 1.165) is 31.4 Å². The summed E-state index contributed by atoms with van der Waals surface area (Å²) in [6.45, 7) is 0. The molecule has 0 unspecified atom stereocenters. The van der Waals surface area contributed by atoms with Crippen LogP contribution in [0.3, 0.4) is 0 Å². The van der Waals surface area contributed by atoms with E-state index in [1.165, 1.54) is 17.7 Å². The maximum atomic E-state index is 14.0. The number of hydrogen-bond acceptors (Lipinski definition) is 4. The number of benzene rings is 2. The van der Waals surface area contributed by atoms with Crippen molar-refractivity contribution in [2.45, 2.75) is 25.7 Å². The second-order valence-electron chi connectivity index (χ2n) is 7.25. The predicted octanol–water partition coefficient (Wildman–Crippen LogP) is 4.30. The molecule has 2 aromatic carbocycles. The van der Waals surface area contributed by atoms with Gasteiger partial charge in [0.2, 0.25) is 5.95 Å². The van der Waals surface area contributed by atoms with E-state index >= 15 is 0 Å². The van der Waals surface area contributed by atoms with Crippen molar-refractivity contribution in [3.8, 4) is 17.3 Å². The average Bonchev–Trinajstić information content (AvgIpc) is 3.40. The maximum absolute atomic E-state index is 14.0. The van der Waals surface area contributed by atoms with Crippen LogP contribution in [0.5, 0.6) is 0 Å². The van der Waals surface area contributed by atoms with Gasteiger partial charge in [0.25, 0.3) is 0 Å². The summed E-state index contributed by atoms with van der Waals surface area (Å²) in [4.78, 5) is 8.66. The number of hydrogen-bond donors (Lipinski definition) is 1. The van der Waals surface area contributed by atoms with Gasteiger partial charge in [-0.05, 0) is 54.9 Å². The lowest BCUT2D eigenvalue weighted by Crippen LogP contribution is -2.12. The Hall–Kier alpha value is -3.26. The van der Waals surface area contributed by atoms with E-state index in [1.807, 2.05) is 18.2 Å². The van der Waals surface area contributed by atoms with Crippen LogP contribution in [0, 0.1) is 22.6 Å². The van der Waals surface area contributed by atoms with Gasteiger partial charge in [-0.1, -0.05) is 36.4 Å². The third-order valence-electron chi connectivity index (χ3n) is 5.12. The third-order valence-corrected chi connectivity index (χ3v) is 5.12. The van der Waals surface area contributed by atoms with Crippen LogP contribution in [0.4, 0.5) is 10.3 Å². The van der Waals surface area contributed by atoms with Gasteiger partial charge in [-0.3, -0.25) is 0 Å². The van der Waals surface area contributed by atoms with Gasteiger partial charge in [0, 0.05) is 11.3 Å². The summed E-state index contributed by atoms with van der Waals surface area (Å²) in [5, 5.41) is 8.89. The molecule has 27 heavy (non-hydrogen) atoms. The lowest BCUT2D eigenvalue weighted by molar-refractivity contribution is 0.497. The molecule has 5 heteroatoms. The molecule has 134 valence electrons. The molecule has 1 fully saturated rings. The number of halogens is 1. The van der Waals surface area contributed by atoms with E-state index in [9.17, 15) is 4.39 Å². The molecular weight excluding hydrogens is 339 g/mol. The van der Waals surface area contributed by atoms with Crippen molar-refractivity contribution in [3.63, 3.8) is 0 Å². The Bertz CT molecular complexity index is 1020. The summed E-state index contributed by atoms with van der Waals surface area (Å²) >= 11 is 0. The zero-order chi connectivity index (χ0) is 18.9. The molecular formula is C22H19FN4. The van der Waals surface area contributed by atoms with Gasteiger partial charge in [0.05, 0.1) is 11.3 Å². The van der Waals surface area contributed by atoms with Crippen LogP contribution >= 0.6 is 0 Å². The number of nitrogen functional groups attached to an aromatic ring is 1. The van der Waals surface area contributed by atoms with E-state index in [1.54, 1.807) is 6.07 Å². The standard InChI is InChI=1S/C22H19FN4/c23-19-10-16(6-7-17(19)14-24)20-11-18(26-21(25)27-20)13-22(8-9-22)12-15-4-2-1-3-5-15/h1-7,10-11H,8-9,12-13H2,(H2,25,26,27). The summed E-state index contributed by atoms with van der Waals surface area (Å²) in [7, 11) is 0. The number of rotatable bonds is 5. The molecule has 0 radical (unpaired) electrons. The van der Waals surface area contributed by atoms with Gasteiger partial charge >= 0.3 is 0 Å². The normalized spacial score (nSPS) is 14.5. The van der Waals surface area contributed by atoms with E-state index < -0.39 is 5.82 Å². The van der Waals surface area contributed by atoms with Crippen LogP contribution in [-0.4, -0.2) is 9.97 Å². The quantitative estimate of drug-likeness (QED) is 0.738. The maximum Gasteiger partial charge on any atom is 0.220 e. The fourth-order valence-corrected chi connectivity index (χ4v) is 3.53. The highest BCUT2D eigenvalue weighted by molar-refractivity contribution is 5.62. The molecule has 1 aliphatic rings. The molecule has 0 bridgehead atoms. The highest BCUT2D eigenvalue weighted by atomic mass is 19.1. The van der Waals surface area contributed by atoms with Crippen molar-refractivity contribution < 1.29 is 4.39 Å². The fraction of sp³-hybridized carbons (Fsp3) is 0.227. The monoisotopic (exact) mass is 358 g/mol. The number of anilines is 1. The molecule has 4 nitrogen and oxygen atoms in total. The van der Waals surface area contributed by atoms with Gasteiger partial charge in [-0.25, -0.2) is 14.4 Å². The van der Waals surface area contributed by atoms with Crippen molar-refractivity contribution in [3.05, 3.63) is 77.2 Å². The molecule has 1 saturated carbocycles. The summed E-state index contributed by atoms with van der Waals surface area (Å²) < 4.78 is 14.0. The van der Waals surface area contributed by atoms with Gasteiger partial charge in [-0.15, -0.1) is 0 Å². The first-order chi connectivity index (χ1) is 13.1. The highest BCUT2D eigenvalue weighted by Crippen LogP contribution is 2.50. The van der Waals surface area contributed by atoms with Gasteiger partial charge < -0.3 is 5.73 Å². The molecule has 4 rings (SSSR count). The number of nitrogens with two attached hydrogens (primary N) is 1. The van der Waals surface area contributed by atoms with Crippen LogP contribution in [0.25, 0.3) is 11.3 Å². The molecule has 2 N–H and O–H groups in total. The van der Waals surface area contributed by atoms with Crippen LogP contribution in [0.1, 0.15) is 29.7 Å². The Labute approximate surface area is 157 Å². The summed E-state index contributed by atoms with van der Waals surface area (Å²) in [6.07, 6.45) is 4.15. The van der Waals surface area contributed by atoms with Crippen LogP contribution < -0.4 is 5.73 Å². The minimum atomic E-state index is -0.559. The topological polar surface area (TPSA) is 75.6 Å². The van der Waals surface area contributed by atoms with E-state index in [-0.39, 0.29) is 16.9 Å². The number of nitrogens with zero attached hydrogens (tertiary/aromatic N) is 3. The first-order valence-electron chi connectivity index (χ1n) is 8.94. The highest BCUT2D eigenvalue weighted by Gasteiger charge is 2.42. The minimum Gasteiger partial charge on any atom is -0.368 e.